The molecule has 2 heteroatoms. The minimum Gasteiger partial charge on any atom is -0.466 e. The van der Waals surface area contributed by atoms with Crippen molar-refractivity contribution in [3.8, 4) is 0 Å². The molecule has 1 aliphatic carbocycles. The third-order valence-corrected chi connectivity index (χ3v) is 3.58. The summed E-state index contributed by atoms with van der Waals surface area (Å²) < 4.78 is 5.03. The maximum absolute atomic E-state index is 11.4. The highest BCUT2D eigenvalue weighted by Crippen LogP contribution is 2.33. The lowest BCUT2D eigenvalue weighted by Crippen LogP contribution is -2.21. The number of carbonyl (C=O) groups excluding carboxylic acids is 1. The van der Waals surface area contributed by atoms with Gasteiger partial charge in [-0.2, -0.15) is 0 Å². The van der Waals surface area contributed by atoms with Crippen LogP contribution in [0.5, 0.6) is 0 Å². The van der Waals surface area contributed by atoms with E-state index in [4.69, 9.17) is 4.74 Å². The van der Waals surface area contributed by atoms with Crippen LogP contribution in [0.1, 0.15) is 58.8 Å². The topological polar surface area (TPSA) is 26.3 Å². The fraction of sp³-hybridized carbons (Fsp3) is 0.923. The summed E-state index contributed by atoms with van der Waals surface area (Å²) in [5.41, 5.74) is 0. The van der Waals surface area contributed by atoms with Crippen molar-refractivity contribution in [1.82, 2.24) is 0 Å². The van der Waals surface area contributed by atoms with E-state index in [0.717, 1.165) is 12.3 Å². The van der Waals surface area contributed by atoms with Gasteiger partial charge in [-0.3, -0.25) is 4.79 Å². The summed E-state index contributed by atoms with van der Waals surface area (Å²) in [6.45, 7) is 4.58. The normalized spacial score (nSPS) is 19.9. The second-order valence-electron chi connectivity index (χ2n) is 4.58. The zero-order valence-corrected chi connectivity index (χ0v) is 10.1. The summed E-state index contributed by atoms with van der Waals surface area (Å²) in [5.74, 6) is 1.33. The van der Waals surface area contributed by atoms with Gasteiger partial charge in [0, 0.05) is 6.42 Å². The summed E-state index contributed by atoms with van der Waals surface area (Å²) in [6.07, 6.45) is 8.47. The Morgan fingerprint density at radius 2 is 1.93 bits per heavy atom. The van der Waals surface area contributed by atoms with Crippen LogP contribution in [-0.2, 0) is 9.53 Å². The first-order chi connectivity index (χ1) is 7.27. The molecule has 0 aliphatic heterocycles. The largest absolute Gasteiger partial charge is 0.466 e. The van der Waals surface area contributed by atoms with E-state index in [1.807, 2.05) is 6.92 Å². The Balaban J connectivity index is 2.36. The number of hydrogen-bond donors (Lipinski definition) is 0. The van der Waals surface area contributed by atoms with Crippen LogP contribution in [-0.4, -0.2) is 12.6 Å². The lowest BCUT2D eigenvalue weighted by Gasteiger charge is -2.28. The Morgan fingerprint density at radius 1 is 1.27 bits per heavy atom. The first-order valence-corrected chi connectivity index (χ1v) is 6.43. The van der Waals surface area contributed by atoms with Crippen molar-refractivity contribution in [2.45, 2.75) is 58.8 Å². The van der Waals surface area contributed by atoms with Crippen molar-refractivity contribution >= 4 is 5.97 Å². The molecule has 0 bridgehead atoms. The van der Waals surface area contributed by atoms with Gasteiger partial charge in [-0.25, -0.2) is 0 Å². The van der Waals surface area contributed by atoms with Gasteiger partial charge in [-0.05, 0) is 18.8 Å². The third-order valence-electron chi connectivity index (χ3n) is 3.58. The van der Waals surface area contributed by atoms with E-state index >= 15 is 0 Å². The molecule has 0 aromatic rings. The SMILES string of the molecule is CCOC(=O)C[C@H](CC)C1CCCCC1. The van der Waals surface area contributed by atoms with Crippen molar-refractivity contribution < 1.29 is 9.53 Å². The van der Waals surface area contributed by atoms with Gasteiger partial charge in [0.2, 0.25) is 0 Å². The predicted molar refractivity (Wildman–Crippen MR) is 61.6 cm³/mol. The van der Waals surface area contributed by atoms with Crippen LogP contribution in [0.15, 0.2) is 0 Å². The summed E-state index contributed by atoms with van der Waals surface area (Å²) in [5, 5.41) is 0. The summed E-state index contributed by atoms with van der Waals surface area (Å²) in [6, 6.07) is 0. The average molecular weight is 212 g/mol. The third kappa shape index (κ3) is 4.23. The Labute approximate surface area is 93.4 Å². The lowest BCUT2D eigenvalue weighted by atomic mass is 9.77. The van der Waals surface area contributed by atoms with Crippen LogP contribution >= 0.6 is 0 Å². The molecule has 1 atom stereocenters. The molecular formula is C13H24O2. The number of carbonyl (C=O) groups is 1. The van der Waals surface area contributed by atoms with Crippen molar-refractivity contribution in [1.29, 1.82) is 0 Å². The maximum atomic E-state index is 11.4. The first-order valence-electron chi connectivity index (χ1n) is 6.43. The monoisotopic (exact) mass is 212 g/mol. The second kappa shape index (κ2) is 6.86. The van der Waals surface area contributed by atoms with Crippen LogP contribution in [0.4, 0.5) is 0 Å². The second-order valence-corrected chi connectivity index (χ2v) is 4.58. The van der Waals surface area contributed by atoms with Crippen molar-refractivity contribution in [3.63, 3.8) is 0 Å². The van der Waals surface area contributed by atoms with Gasteiger partial charge in [-0.1, -0.05) is 45.4 Å². The number of hydrogen-bond acceptors (Lipinski definition) is 2. The molecule has 1 rings (SSSR count). The molecule has 1 saturated carbocycles. The Bertz CT molecular complexity index is 183. The van der Waals surface area contributed by atoms with E-state index in [1.165, 1.54) is 32.1 Å². The minimum atomic E-state index is -0.00470. The Morgan fingerprint density at radius 3 is 2.47 bits per heavy atom. The number of ether oxygens (including phenoxy) is 1. The van der Waals surface area contributed by atoms with E-state index in [2.05, 4.69) is 6.92 Å². The Hall–Kier alpha value is -0.530. The fourth-order valence-corrected chi connectivity index (χ4v) is 2.68. The number of rotatable bonds is 5. The van der Waals surface area contributed by atoms with Gasteiger partial charge in [0.25, 0.3) is 0 Å². The molecule has 15 heavy (non-hydrogen) atoms. The van der Waals surface area contributed by atoms with E-state index in [-0.39, 0.29) is 5.97 Å². The van der Waals surface area contributed by atoms with Crippen LogP contribution in [0.2, 0.25) is 0 Å². The standard InChI is InChI=1S/C13H24O2/c1-3-11(10-13(14)15-4-2)12-8-6-5-7-9-12/h11-12H,3-10H2,1-2H3/t11-/m0/s1. The van der Waals surface area contributed by atoms with Crippen LogP contribution in [0, 0.1) is 11.8 Å². The summed E-state index contributed by atoms with van der Waals surface area (Å²) in [4.78, 5) is 11.4. The van der Waals surface area contributed by atoms with Gasteiger partial charge in [-0.15, -0.1) is 0 Å². The zero-order chi connectivity index (χ0) is 11.1. The van der Waals surface area contributed by atoms with Crippen LogP contribution in [0.25, 0.3) is 0 Å². The highest BCUT2D eigenvalue weighted by molar-refractivity contribution is 5.69. The molecule has 0 amide bonds. The van der Waals surface area contributed by atoms with E-state index < -0.39 is 0 Å². The van der Waals surface area contributed by atoms with Gasteiger partial charge in [0.15, 0.2) is 0 Å². The van der Waals surface area contributed by atoms with Crippen LogP contribution < -0.4 is 0 Å². The smallest absolute Gasteiger partial charge is 0.306 e. The molecule has 2 nitrogen and oxygen atoms in total. The van der Waals surface area contributed by atoms with Gasteiger partial charge in [0.1, 0.15) is 0 Å². The highest BCUT2D eigenvalue weighted by Gasteiger charge is 2.24. The fourth-order valence-electron chi connectivity index (χ4n) is 2.68. The molecule has 0 N–H and O–H groups in total. The molecular weight excluding hydrogens is 188 g/mol. The molecule has 0 heterocycles. The van der Waals surface area contributed by atoms with Crippen molar-refractivity contribution in [3.05, 3.63) is 0 Å². The van der Waals surface area contributed by atoms with E-state index in [1.54, 1.807) is 0 Å². The van der Waals surface area contributed by atoms with Gasteiger partial charge in [0.05, 0.1) is 6.61 Å². The molecule has 0 aromatic heterocycles. The summed E-state index contributed by atoms with van der Waals surface area (Å²) in [7, 11) is 0. The van der Waals surface area contributed by atoms with Crippen LogP contribution in [0.3, 0.4) is 0 Å². The van der Waals surface area contributed by atoms with Crippen molar-refractivity contribution in [2.24, 2.45) is 11.8 Å². The molecule has 0 radical (unpaired) electrons. The predicted octanol–water partition coefficient (Wildman–Crippen LogP) is 3.55. The quantitative estimate of drug-likeness (QED) is 0.651. The molecule has 1 fully saturated rings. The molecule has 0 spiro atoms. The zero-order valence-electron chi connectivity index (χ0n) is 10.1. The molecule has 0 aromatic carbocycles. The molecule has 88 valence electrons. The Kier molecular flexibility index (Phi) is 5.74. The van der Waals surface area contributed by atoms with E-state index in [9.17, 15) is 4.79 Å². The minimum absolute atomic E-state index is 0.00470. The first kappa shape index (κ1) is 12.5. The van der Waals surface area contributed by atoms with E-state index in [0.29, 0.717) is 18.9 Å². The molecule has 1 aliphatic rings. The van der Waals surface area contributed by atoms with Crippen molar-refractivity contribution in [2.75, 3.05) is 6.61 Å². The average Bonchev–Trinajstić information content (AvgIpc) is 2.27. The maximum Gasteiger partial charge on any atom is 0.306 e. The lowest BCUT2D eigenvalue weighted by molar-refractivity contribution is -0.144. The summed E-state index contributed by atoms with van der Waals surface area (Å²) >= 11 is 0. The van der Waals surface area contributed by atoms with Gasteiger partial charge >= 0.3 is 5.97 Å². The number of esters is 1. The highest BCUT2D eigenvalue weighted by atomic mass is 16.5. The molecule has 0 unspecified atom stereocenters. The molecule has 0 saturated heterocycles. The van der Waals surface area contributed by atoms with Gasteiger partial charge < -0.3 is 4.74 Å².